The first kappa shape index (κ1) is 17.8. The highest BCUT2D eigenvalue weighted by Crippen LogP contribution is 2.32. The van der Waals surface area contributed by atoms with Gasteiger partial charge in [0.25, 0.3) is 0 Å². The van der Waals surface area contributed by atoms with Crippen LogP contribution in [0.25, 0.3) is 10.9 Å². The molecule has 3 aromatic rings. The van der Waals surface area contributed by atoms with E-state index in [0.29, 0.717) is 17.2 Å². The number of rotatable bonds is 3. The highest BCUT2D eigenvalue weighted by Gasteiger charge is 2.21. The van der Waals surface area contributed by atoms with E-state index in [1.807, 2.05) is 31.2 Å². The van der Waals surface area contributed by atoms with E-state index in [4.69, 9.17) is 9.47 Å². The number of hydrogen-bond donors (Lipinski definition) is 1. The van der Waals surface area contributed by atoms with Gasteiger partial charge in [-0.3, -0.25) is 14.6 Å². The van der Waals surface area contributed by atoms with Gasteiger partial charge in [-0.2, -0.15) is 0 Å². The number of nitrogens with zero attached hydrogens (tertiary/aromatic N) is 2. The molecular weight excluding hydrogens is 358 g/mol. The summed E-state index contributed by atoms with van der Waals surface area (Å²) >= 11 is 0. The van der Waals surface area contributed by atoms with Gasteiger partial charge in [0.1, 0.15) is 0 Å². The zero-order valence-electron chi connectivity index (χ0n) is 15.6. The summed E-state index contributed by atoms with van der Waals surface area (Å²) in [5.74, 6) is -0.00992. The van der Waals surface area contributed by atoms with Gasteiger partial charge in [-0.25, -0.2) is 0 Å². The number of hydrogen-bond acceptors (Lipinski definition) is 5. The predicted octanol–water partition coefficient (Wildman–Crippen LogP) is 2.87. The molecule has 7 nitrogen and oxygen atoms in total. The summed E-state index contributed by atoms with van der Waals surface area (Å²) in [5, 5.41) is 3.50. The van der Waals surface area contributed by atoms with Crippen molar-refractivity contribution in [3.8, 4) is 11.5 Å². The lowest BCUT2D eigenvalue weighted by molar-refractivity contribution is -0.142. The van der Waals surface area contributed by atoms with Gasteiger partial charge in [0, 0.05) is 25.2 Å². The number of aryl methyl sites for hydroxylation is 1. The van der Waals surface area contributed by atoms with Gasteiger partial charge in [-0.05, 0) is 48.4 Å². The molecule has 2 amide bonds. The van der Waals surface area contributed by atoms with Crippen LogP contribution in [0.15, 0.2) is 48.7 Å². The van der Waals surface area contributed by atoms with Crippen LogP contribution in [0.1, 0.15) is 11.1 Å². The average molecular weight is 377 g/mol. The summed E-state index contributed by atoms with van der Waals surface area (Å²) < 4.78 is 10.6. The number of carbonyl (C=O) groups excluding carboxylic acids is 2. The summed E-state index contributed by atoms with van der Waals surface area (Å²) in [6, 6.07) is 12.8. The number of aromatic nitrogens is 1. The number of nitrogens with one attached hydrogen (secondary N) is 1. The molecule has 2 aromatic carbocycles. The number of benzene rings is 2. The maximum atomic E-state index is 12.5. The Morgan fingerprint density at radius 3 is 2.82 bits per heavy atom. The lowest BCUT2D eigenvalue weighted by Gasteiger charge is -2.17. The third kappa shape index (κ3) is 3.34. The first-order valence-corrected chi connectivity index (χ1v) is 8.82. The second-order valence-corrected chi connectivity index (χ2v) is 6.63. The summed E-state index contributed by atoms with van der Waals surface area (Å²) in [4.78, 5) is 30.7. The zero-order chi connectivity index (χ0) is 19.7. The topological polar surface area (TPSA) is 80.8 Å². The Kier molecular flexibility index (Phi) is 4.57. The smallest absolute Gasteiger partial charge is 0.313 e. The fourth-order valence-corrected chi connectivity index (χ4v) is 3.16. The molecule has 1 aliphatic rings. The van der Waals surface area contributed by atoms with E-state index in [0.717, 1.165) is 22.0 Å². The third-order valence-corrected chi connectivity index (χ3v) is 4.62. The number of pyridine rings is 1. The fraction of sp³-hybridized carbons (Fsp3) is 0.190. The number of anilines is 1. The van der Waals surface area contributed by atoms with Gasteiger partial charge in [0.2, 0.25) is 6.79 Å². The lowest BCUT2D eigenvalue weighted by Crippen LogP contribution is -2.36. The Bertz CT molecular complexity index is 1080. The monoisotopic (exact) mass is 377 g/mol. The molecule has 0 saturated carbocycles. The molecule has 0 atom stereocenters. The van der Waals surface area contributed by atoms with E-state index in [9.17, 15) is 9.59 Å². The molecule has 0 aliphatic carbocycles. The number of fused-ring (bicyclic) bond motifs is 2. The molecule has 0 bridgehead atoms. The molecule has 0 spiro atoms. The first-order valence-electron chi connectivity index (χ1n) is 8.82. The molecule has 0 radical (unpaired) electrons. The zero-order valence-corrected chi connectivity index (χ0v) is 15.6. The van der Waals surface area contributed by atoms with Crippen molar-refractivity contribution in [2.45, 2.75) is 13.5 Å². The molecular formula is C21H19N3O4. The summed E-state index contributed by atoms with van der Waals surface area (Å²) in [7, 11) is 1.58. The molecule has 1 aromatic heterocycles. The van der Waals surface area contributed by atoms with Crippen molar-refractivity contribution in [1.82, 2.24) is 9.88 Å². The fourth-order valence-electron chi connectivity index (χ4n) is 3.16. The van der Waals surface area contributed by atoms with Crippen molar-refractivity contribution in [1.29, 1.82) is 0 Å². The Morgan fingerprint density at radius 2 is 1.96 bits per heavy atom. The SMILES string of the molecule is Cc1ccc(NC(=O)C(=O)N(C)Cc2ccc3c(c2)OCO3)c2cccnc12. The van der Waals surface area contributed by atoms with Crippen LogP contribution in [0.2, 0.25) is 0 Å². The van der Waals surface area contributed by atoms with Gasteiger partial charge in [-0.1, -0.05) is 12.1 Å². The maximum Gasteiger partial charge on any atom is 0.313 e. The standard InChI is InChI=1S/C21H19N3O4/c1-13-5-7-16(15-4-3-9-22-19(13)15)23-20(25)21(26)24(2)11-14-6-8-17-18(10-14)28-12-27-17/h3-10H,11-12H2,1-2H3,(H,23,25). The Labute approximate surface area is 161 Å². The number of ether oxygens (including phenoxy) is 2. The average Bonchev–Trinajstić information content (AvgIpc) is 3.17. The molecule has 28 heavy (non-hydrogen) atoms. The van der Waals surface area contributed by atoms with E-state index in [-0.39, 0.29) is 13.3 Å². The van der Waals surface area contributed by atoms with Crippen LogP contribution in [0.5, 0.6) is 11.5 Å². The van der Waals surface area contributed by atoms with E-state index in [2.05, 4.69) is 10.3 Å². The summed E-state index contributed by atoms with van der Waals surface area (Å²) in [5.41, 5.74) is 3.20. The van der Waals surface area contributed by atoms with Crippen molar-refractivity contribution in [2.75, 3.05) is 19.2 Å². The van der Waals surface area contributed by atoms with Gasteiger partial charge < -0.3 is 19.7 Å². The van der Waals surface area contributed by atoms with Crippen LogP contribution in [0.4, 0.5) is 5.69 Å². The number of amides is 2. The molecule has 142 valence electrons. The maximum absolute atomic E-state index is 12.5. The highest BCUT2D eigenvalue weighted by atomic mass is 16.7. The van der Waals surface area contributed by atoms with Crippen molar-refractivity contribution >= 4 is 28.4 Å². The Morgan fingerprint density at radius 1 is 1.14 bits per heavy atom. The van der Waals surface area contributed by atoms with Crippen LogP contribution >= 0.6 is 0 Å². The molecule has 0 fully saturated rings. The lowest BCUT2D eigenvalue weighted by atomic mass is 10.1. The number of carbonyl (C=O) groups is 2. The Balaban J connectivity index is 1.48. The van der Waals surface area contributed by atoms with Crippen LogP contribution < -0.4 is 14.8 Å². The molecule has 4 rings (SSSR count). The van der Waals surface area contributed by atoms with Crippen LogP contribution in [-0.4, -0.2) is 35.5 Å². The molecule has 0 unspecified atom stereocenters. The van der Waals surface area contributed by atoms with Gasteiger partial charge in [0.15, 0.2) is 11.5 Å². The minimum Gasteiger partial charge on any atom is -0.454 e. The van der Waals surface area contributed by atoms with E-state index < -0.39 is 11.8 Å². The normalized spacial score (nSPS) is 12.1. The minimum absolute atomic E-state index is 0.190. The van der Waals surface area contributed by atoms with E-state index >= 15 is 0 Å². The van der Waals surface area contributed by atoms with E-state index in [1.165, 1.54) is 4.90 Å². The molecule has 1 N–H and O–H groups in total. The van der Waals surface area contributed by atoms with Crippen molar-refractivity contribution in [2.24, 2.45) is 0 Å². The molecule has 0 saturated heterocycles. The molecule has 2 heterocycles. The summed E-state index contributed by atoms with van der Waals surface area (Å²) in [6.07, 6.45) is 1.70. The van der Waals surface area contributed by atoms with Crippen LogP contribution in [0, 0.1) is 6.92 Å². The largest absolute Gasteiger partial charge is 0.454 e. The highest BCUT2D eigenvalue weighted by molar-refractivity contribution is 6.40. The molecule has 1 aliphatic heterocycles. The van der Waals surface area contributed by atoms with Crippen molar-refractivity contribution < 1.29 is 19.1 Å². The van der Waals surface area contributed by atoms with Gasteiger partial charge >= 0.3 is 11.8 Å². The predicted molar refractivity (Wildman–Crippen MR) is 104 cm³/mol. The first-order chi connectivity index (χ1) is 13.5. The Hall–Kier alpha value is -3.61. The third-order valence-electron chi connectivity index (χ3n) is 4.62. The summed E-state index contributed by atoms with van der Waals surface area (Å²) in [6.45, 7) is 2.42. The van der Waals surface area contributed by atoms with Gasteiger partial charge in [0.05, 0.1) is 11.2 Å². The minimum atomic E-state index is -0.697. The van der Waals surface area contributed by atoms with Crippen molar-refractivity contribution in [3.05, 3.63) is 59.8 Å². The van der Waals surface area contributed by atoms with Crippen LogP contribution in [0.3, 0.4) is 0 Å². The second-order valence-electron chi connectivity index (χ2n) is 6.63. The van der Waals surface area contributed by atoms with Crippen LogP contribution in [-0.2, 0) is 16.1 Å². The van der Waals surface area contributed by atoms with E-state index in [1.54, 1.807) is 31.4 Å². The quantitative estimate of drug-likeness (QED) is 0.710. The molecule has 7 heteroatoms. The number of likely N-dealkylation sites (N-methyl/N-ethyl adjacent to an activating group) is 1. The second kappa shape index (κ2) is 7.19. The van der Waals surface area contributed by atoms with Crippen molar-refractivity contribution in [3.63, 3.8) is 0 Å². The van der Waals surface area contributed by atoms with Gasteiger partial charge in [-0.15, -0.1) is 0 Å².